The number of hydrogen-bond donors (Lipinski definition) is 0. The van der Waals surface area contributed by atoms with Crippen molar-refractivity contribution in [1.29, 1.82) is 0 Å². The Labute approximate surface area is 109 Å². The van der Waals surface area contributed by atoms with Crippen LogP contribution in [0.1, 0.15) is 10.4 Å². The first kappa shape index (κ1) is 11.8. The number of thioether (sulfide) groups is 1. The highest BCUT2D eigenvalue weighted by Gasteiger charge is 2.07. The van der Waals surface area contributed by atoms with Crippen molar-refractivity contribution in [3.05, 3.63) is 39.8 Å². The van der Waals surface area contributed by atoms with Gasteiger partial charge in [-0.15, -0.1) is 10.2 Å². The first-order valence-electron chi connectivity index (χ1n) is 4.43. The summed E-state index contributed by atoms with van der Waals surface area (Å²) in [6.45, 7) is 0. The largest absolute Gasteiger partial charge is 0.293 e. The highest BCUT2D eigenvalue weighted by atomic mass is 79.9. The lowest BCUT2D eigenvalue weighted by Crippen LogP contribution is -2.01. The summed E-state index contributed by atoms with van der Waals surface area (Å²) >= 11 is 6.19. The van der Waals surface area contributed by atoms with E-state index in [2.05, 4.69) is 26.1 Å². The number of nitrogens with zero attached hydrogens (tertiary/aromatic N) is 2. The van der Waals surface area contributed by atoms with Crippen LogP contribution in [0.4, 0.5) is 0 Å². The zero-order valence-electron chi connectivity index (χ0n) is 8.09. The lowest BCUT2D eigenvalue weighted by atomic mass is 10.2. The van der Waals surface area contributed by atoms with Crippen LogP contribution in [-0.2, 0) is 0 Å². The van der Waals surface area contributed by atoms with E-state index >= 15 is 0 Å². The zero-order chi connectivity index (χ0) is 11.4. The van der Waals surface area contributed by atoms with Gasteiger partial charge in [-0.1, -0.05) is 51.2 Å². The summed E-state index contributed by atoms with van der Waals surface area (Å²) in [5.41, 5.74) is 2.38. The van der Waals surface area contributed by atoms with Crippen LogP contribution < -0.4 is 0 Å². The molecular formula is C10H7BrN2OS2. The lowest BCUT2D eigenvalue weighted by Gasteiger charge is -1.99. The molecule has 1 heterocycles. The summed E-state index contributed by atoms with van der Waals surface area (Å²) < 4.78 is 1.80. The van der Waals surface area contributed by atoms with Crippen molar-refractivity contribution in [1.82, 2.24) is 10.2 Å². The van der Waals surface area contributed by atoms with Gasteiger partial charge in [0.2, 0.25) is 0 Å². The molecule has 82 valence electrons. The predicted octanol–water partition coefficient (Wildman–Crippen LogP) is 3.28. The molecule has 2 aromatic rings. The van der Waals surface area contributed by atoms with Gasteiger partial charge in [0.1, 0.15) is 5.51 Å². The minimum absolute atomic E-state index is 0.104. The number of rotatable bonds is 4. The predicted molar refractivity (Wildman–Crippen MR) is 69.1 cm³/mol. The number of benzene rings is 1. The first-order valence-corrected chi connectivity index (χ1v) is 7.09. The van der Waals surface area contributed by atoms with E-state index in [0.717, 1.165) is 14.4 Å². The second-order valence-electron chi connectivity index (χ2n) is 2.92. The van der Waals surface area contributed by atoms with Gasteiger partial charge in [0.15, 0.2) is 10.1 Å². The van der Waals surface area contributed by atoms with Gasteiger partial charge >= 0.3 is 0 Å². The highest BCUT2D eigenvalue weighted by Crippen LogP contribution is 2.20. The molecule has 0 atom stereocenters. The number of ketones is 1. The van der Waals surface area contributed by atoms with Crippen LogP contribution in [0.5, 0.6) is 0 Å². The molecule has 1 aromatic heterocycles. The second-order valence-corrected chi connectivity index (χ2v) is 5.89. The number of Topliss-reactive ketones (excluding diaryl/α,β-unsaturated/α-hetero) is 1. The maximum Gasteiger partial charge on any atom is 0.174 e. The molecule has 0 saturated heterocycles. The standard InChI is InChI=1S/C10H7BrN2OS2/c11-8-3-1-7(2-4-8)9(14)5-15-10-13-12-6-16-10/h1-4,6H,5H2. The van der Waals surface area contributed by atoms with Gasteiger partial charge < -0.3 is 0 Å². The van der Waals surface area contributed by atoms with E-state index < -0.39 is 0 Å². The molecule has 0 fully saturated rings. The van der Waals surface area contributed by atoms with E-state index in [1.54, 1.807) is 5.51 Å². The van der Waals surface area contributed by atoms with Crippen molar-refractivity contribution in [2.24, 2.45) is 0 Å². The van der Waals surface area contributed by atoms with E-state index in [0.29, 0.717) is 5.75 Å². The molecule has 0 aliphatic rings. The third kappa shape index (κ3) is 3.13. The van der Waals surface area contributed by atoms with E-state index in [4.69, 9.17) is 0 Å². The Morgan fingerprint density at radius 2 is 2.12 bits per heavy atom. The fourth-order valence-corrected chi connectivity index (χ4v) is 2.72. The Morgan fingerprint density at radius 3 is 2.75 bits per heavy atom. The molecule has 0 aliphatic heterocycles. The van der Waals surface area contributed by atoms with Crippen molar-refractivity contribution in [3.63, 3.8) is 0 Å². The average Bonchev–Trinajstić information content (AvgIpc) is 2.80. The molecule has 0 radical (unpaired) electrons. The Kier molecular flexibility index (Phi) is 4.09. The molecule has 0 spiro atoms. The molecule has 0 bridgehead atoms. The number of halogens is 1. The van der Waals surface area contributed by atoms with Crippen molar-refractivity contribution in [2.75, 3.05) is 5.75 Å². The van der Waals surface area contributed by atoms with Crippen molar-refractivity contribution in [3.8, 4) is 0 Å². The van der Waals surface area contributed by atoms with Gasteiger partial charge in [-0.05, 0) is 12.1 Å². The minimum Gasteiger partial charge on any atom is -0.293 e. The molecule has 6 heteroatoms. The molecule has 0 N–H and O–H groups in total. The maximum absolute atomic E-state index is 11.8. The summed E-state index contributed by atoms with van der Waals surface area (Å²) in [7, 11) is 0. The molecule has 1 aromatic carbocycles. The monoisotopic (exact) mass is 314 g/mol. The molecule has 2 rings (SSSR count). The van der Waals surface area contributed by atoms with E-state index in [9.17, 15) is 4.79 Å². The molecular weight excluding hydrogens is 308 g/mol. The van der Waals surface area contributed by atoms with Gasteiger partial charge in [-0.25, -0.2) is 0 Å². The van der Waals surface area contributed by atoms with Gasteiger partial charge in [0.05, 0.1) is 5.75 Å². The zero-order valence-corrected chi connectivity index (χ0v) is 11.3. The summed E-state index contributed by atoms with van der Waals surface area (Å²) in [5, 5.41) is 7.58. The third-order valence-corrected chi connectivity index (χ3v) is 4.22. The third-order valence-electron chi connectivity index (χ3n) is 1.83. The quantitative estimate of drug-likeness (QED) is 0.641. The molecule has 0 aliphatic carbocycles. The van der Waals surface area contributed by atoms with Gasteiger partial charge in [-0.2, -0.15) is 0 Å². The molecule has 0 saturated carbocycles. The van der Waals surface area contributed by atoms with Gasteiger partial charge in [-0.3, -0.25) is 4.79 Å². The van der Waals surface area contributed by atoms with Gasteiger partial charge in [0.25, 0.3) is 0 Å². The Hall–Kier alpha value is -0.720. The van der Waals surface area contributed by atoms with E-state index in [-0.39, 0.29) is 5.78 Å². The Bertz CT molecular complexity index is 470. The lowest BCUT2D eigenvalue weighted by molar-refractivity contribution is 0.102. The molecule has 0 unspecified atom stereocenters. The normalized spacial score (nSPS) is 10.3. The first-order chi connectivity index (χ1) is 7.75. The van der Waals surface area contributed by atoms with Crippen LogP contribution in [0.25, 0.3) is 0 Å². The summed E-state index contributed by atoms with van der Waals surface area (Å²) in [5.74, 6) is 0.504. The van der Waals surface area contributed by atoms with Crippen molar-refractivity contribution >= 4 is 44.8 Å². The second kappa shape index (κ2) is 5.56. The number of hydrogen-bond acceptors (Lipinski definition) is 5. The fraction of sp³-hybridized carbons (Fsp3) is 0.100. The van der Waals surface area contributed by atoms with E-state index in [1.165, 1.54) is 23.1 Å². The molecule has 0 amide bonds. The van der Waals surface area contributed by atoms with E-state index in [1.807, 2.05) is 24.3 Å². The summed E-state index contributed by atoms with van der Waals surface area (Å²) in [6, 6.07) is 7.35. The fourth-order valence-electron chi connectivity index (χ4n) is 1.07. The van der Waals surface area contributed by atoms with Crippen LogP contribution in [0.3, 0.4) is 0 Å². The molecule has 3 nitrogen and oxygen atoms in total. The number of carbonyl (C=O) groups excluding carboxylic acids is 1. The molecule has 16 heavy (non-hydrogen) atoms. The SMILES string of the molecule is O=C(CSc1nncs1)c1ccc(Br)cc1. The van der Waals surface area contributed by atoms with Crippen LogP contribution >= 0.6 is 39.0 Å². The smallest absolute Gasteiger partial charge is 0.174 e. The summed E-state index contributed by atoms with van der Waals surface area (Å²) in [6.07, 6.45) is 0. The van der Waals surface area contributed by atoms with Crippen molar-refractivity contribution in [2.45, 2.75) is 4.34 Å². The Morgan fingerprint density at radius 1 is 1.38 bits per heavy atom. The highest BCUT2D eigenvalue weighted by molar-refractivity contribution is 9.10. The number of aromatic nitrogens is 2. The average molecular weight is 315 g/mol. The van der Waals surface area contributed by atoms with Crippen LogP contribution in [0, 0.1) is 0 Å². The van der Waals surface area contributed by atoms with Gasteiger partial charge in [0, 0.05) is 10.0 Å². The van der Waals surface area contributed by atoms with Crippen molar-refractivity contribution < 1.29 is 4.79 Å². The minimum atomic E-state index is 0.104. The topological polar surface area (TPSA) is 42.9 Å². The van der Waals surface area contributed by atoms with Crippen LogP contribution in [0.15, 0.2) is 38.6 Å². The number of carbonyl (C=O) groups is 1. The maximum atomic E-state index is 11.8. The van der Waals surface area contributed by atoms with Crippen LogP contribution in [0.2, 0.25) is 0 Å². The van der Waals surface area contributed by atoms with Crippen LogP contribution in [-0.4, -0.2) is 21.7 Å². The Balaban J connectivity index is 1.95. The summed E-state index contributed by atoms with van der Waals surface area (Å²) in [4.78, 5) is 11.8.